The number of benzene rings is 1. The van der Waals surface area contributed by atoms with Gasteiger partial charge in [-0.2, -0.15) is 8.42 Å². The number of ether oxygens (including phenoxy) is 1. The highest BCUT2D eigenvalue weighted by Gasteiger charge is 2.07. The van der Waals surface area contributed by atoms with Gasteiger partial charge in [-0.3, -0.25) is 0 Å². The van der Waals surface area contributed by atoms with E-state index < -0.39 is 21.9 Å². The van der Waals surface area contributed by atoms with Crippen LogP contribution in [0.4, 0.5) is 3.89 Å². The third kappa shape index (κ3) is 4.26. The molecule has 0 saturated carbocycles. The van der Waals surface area contributed by atoms with E-state index >= 15 is 0 Å². The predicted octanol–water partition coefficient (Wildman–Crippen LogP) is 1.06. The Morgan fingerprint density at radius 1 is 1.31 bits per heavy atom. The molecule has 0 aliphatic heterocycles. The summed E-state index contributed by atoms with van der Waals surface area (Å²) in [5.74, 6) is -1.51. The zero-order valence-corrected chi connectivity index (χ0v) is 8.91. The Morgan fingerprint density at radius 2 is 1.88 bits per heavy atom. The first-order valence-corrected chi connectivity index (χ1v) is 5.82. The van der Waals surface area contributed by atoms with Crippen LogP contribution in [0.3, 0.4) is 0 Å². The van der Waals surface area contributed by atoms with Crippen molar-refractivity contribution in [3.8, 4) is 5.75 Å². The van der Waals surface area contributed by atoms with E-state index in [1.165, 1.54) is 24.3 Å². The first kappa shape index (κ1) is 12.4. The molecule has 1 rings (SSSR count). The van der Waals surface area contributed by atoms with Gasteiger partial charge in [0.1, 0.15) is 18.1 Å². The molecule has 0 aliphatic rings. The van der Waals surface area contributed by atoms with Gasteiger partial charge < -0.3 is 9.84 Å². The minimum atomic E-state index is -4.53. The molecule has 0 aromatic heterocycles. The molecule has 1 aromatic rings. The highest BCUT2D eigenvalue weighted by atomic mass is 32.3. The number of carboxylic acid groups (broad SMARTS) is 1. The Labute approximate surface area is 91.7 Å². The number of aromatic carboxylic acids is 1. The van der Waals surface area contributed by atoms with Gasteiger partial charge in [0.15, 0.2) is 0 Å². The lowest BCUT2D eigenvalue weighted by atomic mass is 10.2. The zero-order valence-electron chi connectivity index (χ0n) is 8.09. The third-order valence-electron chi connectivity index (χ3n) is 1.70. The zero-order chi connectivity index (χ0) is 12.2. The van der Waals surface area contributed by atoms with Gasteiger partial charge >= 0.3 is 16.2 Å². The minimum Gasteiger partial charge on any atom is -0.492 e. The molecular weight excluding hydrogens is 239 g/mol. The third-order valence-corrected chi connectivity index (χ3v) is 2.35. The molecule has 0 bridgehead atoms. The van der Waals surface area contributed by atoms with Crippen LogP contribution in [0.1, 0.15) is 10.4 Å². The lowest BCUT2D eigenvalue weighted by Crippen LogP contribution is -2.09. The first-order valence-electron chi connectivity index (χ1n) is 4.27. The van der Waals surface area contributed by atoms with Crippen LogP contribution in [-0.2, 0) is 10.2 Å². The van der Waals surface area contributed by atoms with E-state index in [4.69, 9.17) is 9.84 Å². The molecule has 0 spiro atoms. The summed E-state index contributed by atoms with van der Waals surface area (Å²) in [6.07, 6.45) is 0. The standard InChI is InChI=1S/C9H9FO5S/c10-16(13,14)6-5-15-8-3-1-7(2-4-8)9(11)12/h1-4H,5-6H2,(H,11,12). The molecule has 0 heterocycles. The summed E-state index contributed by atoms with van der Waals surface area (Å²) in [7, 11) is -4.53. The van der Waals surface area contributed by atoms with Crippen LogP contribution in [-0.4, -0.2) is 31.9 Å². The second kappa shape index (κ2) is 4.93. The topological polar surface area (TPSA) is 80.7 Å². The van der Waals surface area contributed by atoms with Gasteiger partial charge in [0.25, 0.3) is 0 Å². The Kier molecular flexibility index (Phi) is 3.83. The fourth-order valence-corrected chi connectivity index (χ4v) is 1.24. The Hall–Kier alpha value is -1.63. The van der Waals surface area contributed by atoms with Gasteiger partial charge in [-0.25, -0.2) is 4.79 Å². The Morgan fingerprint density at radius 3 is 2.31 bits per heavy atom. The van der Waals surface area contributed by atoms with Crippen molar-refractivity contribution in [2.75, 3.05) is 12.4 Å². The van der Waals surface area contributed by atoms with Gasteiger partial charge in [-0.1, -0.05) is 0 Å². The van der Waals surface area contributed by atoms with Crippen molar-refractivity contribution >= 4 is 16.2 Å². The monoisotopic (exact) mass is 248 g/mol. The molecule has 0 saturated heterocycles. The van der Waals surface area contributed by atoms with Crippen LogP contribution < -0.4 is 4.74 Å². The summed E-state index contributed by atoms with van der Waals surface area (Å²) in [5, 5.41) is 8.59. The smallest absolute Gasteiger partial charge is 0.335 e. The van der Waals surface area contributed by atoms with Crippen LogP contribution in [0.15, 0.2) is 24.3 Å². The van der Waals surface area contributed by atoms with Crippen molar-refractivity contribution in [3.63, 3.8) is 0 Å². The highest BCUT2D eigenvalue weighted by molar-refractivity contribution is 7.86. The molecule has 0 unspecified atom stereocenters. The summed E-state index contributed by atoms with van der Waals surface area (Å²) in [6.45, 7) is -0.314. The quantitative estimate of drug-likeness (QED) is 0.788. The van der Waals surface area contributed by atoms with Crippen LogP contribution in [0, 0.1) is 0 Å². The SMILES string of the molecule is O=C(O)c1ccc(OCCS(=O)(=O)F)cc1. The van der Waals surface area contributed by atoms with E-state index in [9.17, 15) is 17.1 Å². The van der Waals surface area contributed by atoms with E-state index in [0.717, 1.165) is 0 Å². The average Bonchev–Trinajstić information content (AvgIpc) is 2.16. The number of halogens is 1. The van der Waals surface area contributed by atoms with Crippen LogP contribution in [0.5, 0.6) is 5.75 Å². The fourth-order valence-electron chi connectivity index (χ4n) is 0.953. The summed E-state index contributed by atoms with van der Waals surface area (Å²) in [6, 6.07) is 5.35. The number of carboxylic acids is 1. The van der Waals surface area contributed by atoms with Crippen molar-refractivity contribution in [3.05, 3.63) is 29.8 Å². The summed E-state index contributed by atoms with van der Waals surface area (Å²) in [5.41, 5.74) is 0.0884. The molecule has 16 heavy (non-hydrogen) atoms. The maximum atomic E-state index is 12.1. The molecule has 0 amide bonds. The van der Waals surface area contributed by atoms with Crippen molar-refractivity contribution < 1.29 is 26.9 Å². The maximum Gasteiger partial charge on any atom is 0.335 e. The second-order valence-electron chi connectivity index (χ2n) is 2.92. The maximum absolute atomic E-state index is 12.1. The van der Waals surface area contributed by atoms with Crippen molar-refractivity contribution in [2.24, 2.45) is 0 Å². The van der Waals surface area contributed by atoms with Crippen molar-refractivity contribution in [2.45, 2.75) is 0 Å². The molecule has 0 fully saturated rings. The Balaban J connectivity index is 2.53. The summed E-state index contributed by atoms with van der Waals surface area (Å²) in [4.78, 5) is 10.5. The molecular formula is C9H9FO5S. The summed E-state index contributed by atoms with van der Waals surface area (Å²) < 4.78 is 37.3. The van der Waals surface area contributed by atoms with E-state index in [2.05, 4.69) is 0 Å². The summed E-state index contributed by atoms with van der Waals surface area (Å²) >= 11 is 0. The lowest BCUT2D eigenvalue weighted by molar-refractivity contribution is 0.0697. The van der Waals surface area contributed by atoms with Crippen LogP contribution in [0.2, 0.25) is 0 Å². The van der Waals surface area contributed by atoms with Gasteiger partial charge in [-0.15, -0.1) is 3.89 Å². The van der Waals surface area contributed by atoms with Crippen LogP contribution in [0.25, 0.3) is 0 Å². The number of hydrogen-bond donors (Lipinski definition) is 1. The minimum absolute atomic E-state index is 0.0884. The number of rotatable bonds is 5. The molecule has 1 aromatic carbocycles. The molecule has 0 atom stereocenters. The predicted molar refractivity (Wildman–Crippen MR) is 53.8 cm³/mol. The lowest BCUT2D eigenvalue weighted by Gasteiger charge is -2.04. The first-order chi connectivity index (χ1) is 7.38. The van der Waals surface area contributed by atoms with Crippen molar-refractivity contribution in [1.29, 1.82) is 0 Å². The van der Waals surface area contributed by atoms with Crippen molar-refractivity contribution in [1.82, 2.24) is 0 Å². The van der Waals surface area contributed by atoms with Gasteiger partial charge in [-0.05, 0) is 24.3 Å². The van der Waals surface area contributed by atoms with Gasteiger partial charge in [0.05, 0.1) is 5.56 Å². The van der Waals surface area contributed by atoms with E-state index in [1.807, 2.05) is 0 Å². The van der Waals surface area contributed by atoms with Gasteiger partial charge in [0, 0.05) is 0 Å². The molecule has 0 radical (unpaired) electrons. The average molecular weight is 248 g/mol. The molecule has 1 N–H and O–H groups in total. The molecule has 5 nitrogen and oxygen atoms in total. The van der Waals surface area contributed by atoms with Gasteiger partial charge in [0.2, 0.25) is 0 Å². The largest absolute Gasteiger partial charge is 0.492 e. The number of carbonyl (C=O) groups is 1. The molecule has 0 aliphatic carbocycles. The van der Waals surface area contributed by atoms with E-state index in [-0.39, 0.29) is 17.9 Å². The fraction of sp³-hybridized carbons (Fsp3) is 0.222. The van der Waals surface area contributed by atoms with E-state index in [0.29, 0.717) is 0 Å². The molecule has 7 heteroatoms. The normalized spacial score (nSPS) is 11.1. The Bertz CT molecular complexity index is 465. The second-order valence-corrected chi connectivity index (χ2v) is 4.41. The van der Waals surface area contributed by atoms with E-state index in [1.54, 1.807) is 0 Å². The highest BCUT2D eigenvalue weighted by Crippen LogP contribution is 2.12. The molecule has 88 valence electrons. The van der Waals surface area contributed by atoms with Crippen LogP contribution >= 0.6 is 0 Å². The number of hydrogen-bond acceptors (Lipinski definition) is 4.